The van der Waals surface area contributed by atoms with Gasteiger partial charge in [0.2, 0.25) is 10.0 Å². The minimum atomic E-state index is -4.54. The zero-order valence-corrected chi connectivity index (χ0v) is 9.97. The summed E-state index contributed by atoms with van der Waals surface area (Å²) in [6.45, 7) is -1.50. The van der Waals surface area contributed by atoms with Gasteiger partial charge < -0.3 is 9.88 Å². The molecule has 3 N–H and O–H groups in total. The Bertz CT molecular complexity index is 562. The summed E-state index contributed by atoms with van der Waals surface area (Å²) in [6.07, 6.45) is -3.50. The van der Waals surface area contributed by atoms with E-state index in [0.717, 1.165) is 16.8 Å². The van der Waals surface area contributed by atoms with Gasteiger partial charge in [-0.1, -0.05) is 0 Å². The average molecular weight is 285 g/mol. The van der Waals surface area contributed by atoms with Crippen LogP contribution in [0, 0.1) is 0 Å². The summed E-state index contributed by atoms with van der Waals surface area (Å²) in [5.41, 5.74) is -0.233. The van der Waals surface area contributed by atoms with Crippen LogP contribution in [0.3, 0.4) is 0 Å². The van der Waals surface area contributed by atoms with E-state index in [0.29, 0.717) is 0 Å². The minimum absolute atomic E-state index is 0.233. The standard InChI is InChI=1S/C8H10F3N3O3S/c1-14-3-5(18(12,16)17)2-6(14)7(15)13-4-8(9,10)11/h2-3H,4H2,1H3,(H,13,15)(H2,12,16,17). The van der Waals surface area contributed by atoms with Crippen molar-refractivity contribution in [1.29, 1.82) is 0 Å². The molecule has 6 nitrogen and oxygen atoms in total. The number of carbonyl (C=O) groups excluding carboxylic acids is 1. The van der Waals surface area contributed by atoms with Crippen molar-refractivity contribution in [2.45, 2.75) is 11.1 Å². The predicted octanol–water partition coefficient (Wildman–Crippen LogP) is -0.0354. The molecule has 0 aliphatic rings. The van der Waals surface area contributed by atoms with Crippen molar-refractivity contribution in [2.24, 2.45) is 12.2 Å². The highest BCUT2D eigenvalue weighted by Gasteiger charge is 2.28. The molecule has 0 atom stereocenters. The maximum absolute atomic E-state index is 11.9. The molecule has 10 heteroatoms. The molecule has 0 unspecified atom stereocenters. The first-order chi connectivity index (χ1) is 8.00. The van der Waals surface area contributed by atoms with E-state index in [4.69, 9.17) is 5.14 Å². The molecule has 18 heavy (non-hydrogen) atoms. The Balaban J connectivity index is 2.91. The van der Waals surface area contributed by atoms with Crippen molar-refractivity contribution in [2.75, 3.05) is 6.54 Å². The van der Waals surface area contributed by atoms with Gasteiger partial charge in [0.15, 0.2) is 0 Å². The maximum Gasteiger partial charge on any atom is 0.405 e. The first kappa shape index (κ1) is 14.5. The highest BCUT2D eigenvalue weighted by atomic mass is 32.2. The Labute approximate surface area is 101 Å². The molecule has 0 aliphatic carbocycles. The van der Waals surface area contributed by atoms with Gasteiger partial charge in [0.1, 0.15) is 17.1 Å². The lowest BCUT2D eigenvalue weighted by atomic mass is 10.4. The number of hydrogen-bond donors (Lipinski definition) is 2. The van der Waals surface area contributed by atoms with Crippen molar-refractivity contribution in [3.63, 3.8) is 0 Å². The summed E-state index contributed by atoms with van der Waals surface area (Å²) in [6, 6.07) is 0.904. The van der Waals surface area contributed by atoms with Crippen molar-refractivity contribution in [1.82, 2.24) is 9.88 Å². The number of rotatable bonds is 3. The SMILES string of the molecule is Cn1cc(S(N)(=O)=O)cc1C(=O)NCC(F)(F)F. The highest BCUT2D eigenvalue weighted by Crippen LogP contribution is 2.14. The molecule has 0 saturated carbocycles. The molecule has 0 radical (unpaired) electrons. The lowest BCUT2D eigenvalue weighted by Gasteiger charge is -2.08. The topological polar surface area (TPSA) is 94.2 Å². The van der Waals surface area contributed by atoms with Crippen LogP contribution < -0.4 is 10.5 Å². The van der Waals surface area contributed by atoms with Crippen molar-refractivity contribution in [3.05, 3.63) is 18.0 Å². The molecule has 0 saturated heterocycles. The van der Waals surface area contributed by atoms with Crippen LogP contribution in [0.2, 0.25) is 0 Å². The number of primary sulfonamides is 1. The van der Waals surface area contributed by atoms with Gasteiger partial charge in [0.05, 0.1) is 0 Å². The second-order valence-electron chi connectivity index (χ2n) is 3.51. The van der Waals surface area contributed by atoms with Crippen molar-refractivity contribution >= 4 is 15.9 Å². The molecule has 1 rings (SSSR count). The van der Waals surface area contributed by atoms with Gasteiger partial charge in [0.25, 0.3) is 5.91 Å². The fourth-order valence-corrected chi connectivity index (χ4v) is 1.77. The Morgan fingerprint density at radius 2 is 2.06 bits per heavy atom. The van der Waals surface area contributed by atoms with E-state index < -0.39 is 28.7 Å². The molecule has 1 aromatic heterocycles. The minimum Gasteiger partial charge on any atom is -0.345 e. The second kappa shape index (κ2) is 4.61. The summed E-state index contributed by atoms with van der Waals surface area (Å²) >= 11 is 0. The van der Waals surface area contributed by atoms with Crippen molar-refractivity contribution in [3.8, 4) is 0 Å². The highest BCUT2D eigenvalue weighted by molar-refractivity contribution is 7.89. The molecule has 0 bridgehead atoms. The van der Waals surface area contributed by atoms with Gasteiger partial charge in [-0.2, -0.15) is 13.2 Å². The van der Waals surface area contributed by atoms with Gasteiger partial charge in [0, 0.05) is 13.2 Å². The summed E-state index contributed by atoms with van der Waals surface area (Å²) in [4.78, 5) is 11.0. The van der Waals surface area contributed by atoms with E-state index in [-0.39, 0.29) is 10.6 Å². The Morgan fingerprint density at radius 1 is 1.50 bits per heavy atom. The predicted molar refractivity (Wildman–Crippen MR) is 55.2 cm³/mol. The first-order valence-electron chi connectivity index (χ1n) is 4.55. The molecule has 0 spiro atoms. The van der Waals surface area contributed by atoms with Crippen LogP contribution in [0.1, 0.15) is 10.5 Å². The largest absolute Gasteiger partial charge is 0.405 e. The number of aryl methyl sites for hydroxylation is 1. The number of amides is 1. The van der Waals surface area contributed by atoms with Gasteiger partial charge in [-0.3, -0.25) is 4.79 Å². The molecular weight excluding hydrogens is 275 g/mol. The molecule has 0 fully saturated rings. The zero-order chi connectivity index (χ0) is 14.1. The zero-order valence-electron chi connectivity index (χ0n) is 9.15. The molecule has 0 aromatic carbocycles. The van der Waals surface area contributed by atoms with E-state index >= 15 is 0 Å². The second-order valence-corrected chi connectivity index (χ2v) is 5.08. The van der Waals surface area contributed by atoms with Crippen LogP contribution in [0.4, 0.5) is 13.2 Å². The lowest BCUT2D eigenvalue weighted by molar-refractivity contribution is -0.123. The Kier molecular flexibility index (Phi) is 3.72. The number of nitrogens with two attached hydrogens (primary N) is 1. The molecule has 0 aliphatic heterocycles. The van der Waals surface area contributed by atoms with E-state index in [1.807, 2.05) is 0 Å². The summed E-state index contributed by atoms with van der Waals surface area (Å²) in [5.74, 6) is -1.04. The number of nitrogens with one attached hydrogen (secondary N) is 1. The number of carbonyl (C=O) groups is 1. The molecule has 1 aromatic rings. The summed E-state index contributed by atoms with van der Waals surface area (Å²) in [7, 11) is -2.69. The monoisotopic (exact) mass is 285 g/mol. The molecular formula is C8H10F3N3O3S. The van der Waals surface area contributed by atoms with Crippen LogP contribution in [0.15, 0.2) is 17.2 Å². The number of alkyl halides is 3. The van der Waals surface area contributed by atoms with Gasteiger partial charge in [-0.25, -0.2) is 13.6 Å². The number of halogens is 3. The maximum atomic E-state index is 11.9. The fourth-order valence-electron chi connectivity index (χ4n) is 1.19. The number of aromatic nitrogens is 1. The first-order valence-corrected chi connectivity index (χ1v) is 6.09. The van der Waals surface area contributed by atoms with E-state index in [1.54, 1.807) is 5.32 Å². The van der Waals surface area contributed by atoms with Crippen LogP contribution in [-0.4, -0.2) is 31.6 Å². The fraction of sp³-hybridized carbons (Fsp3) is 0.375. The van der Waals surface area contributed by atoms with E-state index in [9.17, 15) is 26.4 Å². The van der Waals surface area contributed by atoms with Gasteiger partial charge in [-0.15, -0.1) is 0 Å². The number of nitrogens with zero attached hydrogens (tertiary/aromatic N) is 1. The number of hydrogen-bond acceptors (Lipinski definition) is 3. The third-order valence-electron chi connectivity index (χ3n) is 1.99. The molecule has 1 heterocycles. The Morgan fingerprint density at radius 3 is 2.44 bits per heavy atom. The number of sulfonamides is 1. The van der Waals surface area contributed by atoms with Crippen LogP contribution in [-0.2, 0) is 17.1 Å². The van der Waals surface area contributed by atoms with E-state index in [2.05, 4.69) is 0 Å². The molecule has 1 amide bonds. The van der Waals surface area contributed by atoms with Gasteiger partial charge >= 0.3 is 6.18 Å². The summed E-state index contributed by atoms with van der Waals surface area (Å²) < 4.78 is 58.7. The quantitative estimate of drug-likeness (QED) is 0.816. The smallest absolute Gasteiger partial charge is 0.345 e. The third kappa shape index (κ3) is 3.74. The van der Waals surface area contributed by atoms with Crippen LogP contribution in [0.25, 0.3) is 0 Å². The van der Waals surface area contributed by atoms with Crippen LogP contribution in [0.5, 0.6) is 0 Å². The van der Waals surface area contributed by atoms with Gasteiger partial charge in [-0.05, 0) is 6.07 Å². The lowest BCUT2D eigenvalue weighted by Crippen LogP contribution is -2.34. The summed E-state index contributed by atoms with van der Waals surface area (Å²) in [5, 5.41) is 6.45. The average Bonchev–Trinajstić information content (AvgIpc) is 2.55. The van der Waals surface area contributed by atoms with E-state index in [1.165, 1.54) is 7.05 Å². The van der Waals surface area contributed by atoms with Crippen molar-refractivity contribution < 1.29 is 26.4 Å². The molecule has 102 valence electrons. The third-order valence-corrected chi connectivity index (χ3v) is 2.87. The Hall–Kier alpha value is -1.55. The normalized spacial score (nSPS) is 12.5. The van der Waals surface area contributed by atoms with Crippen LogP contribution >= 0.6 is 0 Å².